The van der Waals surface area contributed by atoms with Crippen molar-refractivity contribution in [2.45, 2.75) is 5.60 Å². The molecule has 0 bridgehead atoms. The molecule has 0 aromatic heterocycles. The average molecular weight is 396 g/mol. The zero-order valence-electron chi connectivity index (χ0n) is 14.4. The van der Waals surface area contributed by atoms with Crippen LogP contribution in [0.5, 0.6) is 34.5 Å². The number of ether oxygens (including phenoxy) is 2. The second kappa shape index (κ2) is 5.77. The Kier molecular flexibility index (Phi) is 3.42. The average Bonchev–Trinajstić information content (AvgIpc) is 3.00. The molecule has 0 radical (unpaired) electrons. The number of rotatable bonds is 2. The predicted molar refractivity (Wildman–Crippen MR) is 94.5 cm³/mol. The summed E-state index contributed by atoms with van der Waals surface area (Å²) in [5.74, 6) is -1.28. The number of phenols is 2. The Balaban J connectivity index is 1.90. The number of benzene rings is 3. The topological polar surface area (TPSA) is 135 Å². The van der Waals surface area contributed by atoms with Crippen molar-refractivity contribution in [2.24, 2.45) is 0 Å². The van der Waals surface area contributed by atoms with Crippen LogP contribution in [-0.2, 0) is 10.3 Å². The van der Waals surface area contributed by atoms with E-state index in [2.05, 4.69) is 9.78 Å². The molecule has 0 atom stereocenters. The van der Waals surface area contributed by atoms with E-state index < -0.39 is 17.3 Å². The predicted octanol–water partition coefficient (Wildman–Crippen LogP) is 3.37. The van der Waals surface area contributed by atoms with Gasteiger partial charge in [-0.25, -0.2) is 15.3 Å². The van der Waals surface area contributed by atoms with Gasteiger partial charge in [-0.1, -0.05) is 0 Å². The lowest BCUT2D eigenvalue weighted by Gasteiger charge is -2.36. The molecule has 9 nitrogen and oxygen atoms in total. The maximum atomic E-state index is 12.9. The SMILES string of the molecule is O=C1OC2(c3ccc(O)cc3Oc3cc(O)ccc32)c2ccc(OO)c(OO)c21. The molecule has 0 fully saturated rings. The monoisotopic (exact) mass is 396 g/mol. The summed E-state index contributed by atoms with van der Waals surface area (Å²) in [6, 6.07) is 11.4. The summed E-state index contributed by atoms with van der Waals surface area (Å²) in [4.78, 5) is 21.3. The van der Waals surface area contributed by atoms with E-state index in [1.54, 1.807) is 12.1 Å². The number of hydrogen-bond acceptors (Lipinski definition) is 9. The zero-order valence-corrected chi connectivity index (χ0v) is 14.4. The normalized spacial score (nSPS) is 15.0. The molecule has 4 N–H and O–H groups in total. The van der Waals surface area contributed by atoms with Gasteiger partial charge in [0.05, 0.1) is 0 Å². The lowest BCUT2D eigenvalue weighted by Crippen LogP contribution is -2.32. The first kappa shape index (κ1) is 17.2. The van der Waals surface area contributed by atoms with Gasteiger partial charge >= 0.3 is 5.97 Å². The number of carbonyl (C=O) groups excluding carboxylic acids is 1. The minimum Gasteiger partial charge on any atom is -0.508 e. The van der Waals surface area contributed by atoms with Gasteiger partial charge < -0.3 is 29.5 Å². The second-order valence-corrected chi connectivity index (χ2v) is 6.53. The van der Waals surface area contributed by atoms with Gasteiger partial charge in [0.2, 0.25) is 11.5 Å². The van der Waals surface area contributed by atoms with Crippen molar-refractivity contribution in [1.82, 2.24) is 0 Å². The fourth-order valence-corrected chi connectivity index (χ4v) is 3.90. The Morgan fingerprint density at radius 3 is 1.93 bits per heavy atom. The highest BCUT2D eigenvalue weighted by molar-refractivity contribution is 6.00. The Hall–Kier alpha value is -3.95. The fourth-order valence-electron chi connectivity index (χ4n) is 3.90. The van der Waals surface area contributed by atoms with E-state index >= 15 is 0 Å². The third-order valence-electron chi connectivity index (χ3n) is 5.05. The number of fused-ring (bicyclic) bond motifs is 6. The number of aromatic hydroxyl groups is 2. The van der Waals surface area contributed by atoms with Crippen molar-refractivity contribution in [3.8, 4) is 34.5 Å². The minimum absolute atomic E-state index is 0.0736. The standard InChI is InChI=1S/C20H12O9/c21-9-1-3-11-15(7-9)26-16-8-10(22)2-4-12(16)20(11)13-5-6-14(28-24)18(29-25)17(13)19(23)27-20/h1-8,21-22,24-25H. The molecule has 0 saturated carbocycles. The van der Waals surface area contributed by atoms with Gasteiger partial charge in [0, 0.05) is 28.8 Å². The Bertz CT molecular complexity index is 1130. The highest BCUT2D eigenvalue weighted by Crippen LogP contribution is 2.58. The third-order valence-corrected chi connectivity index (χ3v) is 5.05. The molecule has 5 rings (SSSR count). The van der Waals surface area contributed by atoms with Gasteiger partial charge in [0.1, 0.15) is 28.6 Å². The molecule has 1 spiro atoms. The molecule has 0 saturated heterocycles. The van der Waals surface area contributed by atoms with Crippen LogP contribution in [0.4, 0.5) is 0 Å². The van der Waals surface area contributed by atoms with Crippen LogP contribution in [0.2, 0.25) is 0 Å². The zero-order chi connectivity index (χ0) is 20.3. The lowest BCUT2D eigenvalue weighted by atomic mass is 9.77. The first-order chi connectivity index (χ1) is 14.0. The molecule has 2 aliphatic heterocycles. The Labute approximate surface area is 162 Å². The fraction of sp³-hybridized carbons (Fsp3) is 0.0500. The number of phenolic OH excluding ortho intramolecular Hbond substituents is 2. The molecule has 29 heavy (non-hydrogen) atoms. The van der Waals surface area contributed by atoms with Gasteiger partial charge in [-0.2, -0.15) is 0 Å². The maximum absolute atomic E-state index is 12.9. The molecule has 146 valence electrons. The molecule has 3 aromatic carbocycles. The van der Waals surface area contributed by atoms with Crippen molar-refractivity contribution in [1.29, 1.82) is 0 Å². The van der Waals surface area contributed by atoms with E-state index in [1.165, 1.54) is 36.4 Å². The highest BCUT2D eigenvalue weighted by Gasteiger charge is 2.55. The van der Waals surface area contributed by atoms with E-state index in [0.29, 0.717) is 11.1 Å². The van der Waals surface area contributed by atoms with E-state index in [9.17, 15) is 20.3 Å². The summed E-state index contributed by atoms with van der Waals surface area (Å²) in [6.45, 7) is 0. The van der Waals surface area contributed by atoms with Crippen LogP contribution < -0.4 is 14.5 Å². The summed E-state index contributed by atoms with van der Waals surface area (Å²) in [7, 11) is 0. The van der Waals surface area contributed by atoms with Crippen LogP contribution >= 0.6 is 0 Å². The van der Waals surface area contributed by atoms with Crippen molar-refractivity contribution in [2.75, 3.05) is 0 Å². The maximum Gasteiger partial charge on any atom is 0.344 e. The highest BCUT2D eigenvalue weighted by atomic mass is 17.1. The van der Waals surface area contributed by atoms with Crippen LogP contribution in [-0.4, -0.2) is 26.7 Å². The minimum atomic E-state index is -1.52. The van der Waals surface area contributed by atoms with Crippen LogP contribution in [0.15, 0.2) is 48.5 Å². The largest absolute Gasteiger partial charge is 0.508 e. The third kappa shape index (κ3) is 2.13. The Morgan fingerprint density at radius 1 is 0.793 bits per heavy atom. The summed E-state index contributed by atoms with van der Waals surface area (Å²) >= 11 is 0. The molecule has 0 aliphatic carbocycles. The summed E-state index contributed by atoms with van der Waals surface area (Å²) in [5.41, 5.74) is -0.573. The van der Waals surface area contributed by atoms with Crippen molar-refractivity contribution < 1.29 is 44.8 Å². The van der Waals surface area contributed by atoms with Crippen molar-refractivity contribution in [3.05, 3.63) is 70.8 Å². The molecular formula is C20H12O9. The Morgan fingerprint density at radius 2 is 1.38 bits per heavy atom. The first-order valence-corrected chi connectivity index (χ1v) is 8.38. The van der Waals surface area contributed by atoms with Gasteiger partial charge in [0.15, 0.2) is 5.60 Å². The molecule has 3 aromatic rings. The summed E-state index contributed by atoms with van der Waals surface area (Å²) < 4.78 is 11.6. The molecule has 2 heterocycles. The van der Waals surface area contributed by atoms with E-state index in [1.807, 2.05) is 0 Å². The second-order valence-electron chi connectivity index (χ2n) is 6.53. The van der Waals surface area contributed by atoms with E-state index in [4.69, 9.17) is 14.7 Å². The van der Waals surface area contributed by atoms with Crippen LogP contribution in [0.3, 0.4) is 0 Å². The van der Waals surface area contributed by atoms with Gasteiger partial charge in [-0.15, -0.1) is 0 Å². The molecule has 0 amide bonds. The number of hydrogen-bond donors (Lipinski definition) is 4. The van der Waals surface area contributed by atoms with Crippen LogP contribution in [0.25, 0.3) is 0 Å². The van der Waals surface area contributed by atoms with E-state index in [-0.39, 0.29) is 39.9 Å². The van der Waals surface area contributed by atoms with Gasteiger partial charge in [0.25, 0.3) is 0 Å². The van der Waals surface area contributed by atoms with Crippen molar-refractivity contribution >= 4 is 5.97 Å². The summed E-state index contributed by atoms with van der Waals surface area (Å²) in [5, 5.41) is 38.1. The molecule has 0 unspecified atom stereocenters. The number of carbonyl (C=O) groups is 1. The van der Waals surface area contributed by atoms with E-state index in [0.717, 1.165) is 0 Å². The van der Waals surface area contributed by atoms with Gasteiger partial charge in [-0.05, 0) is 36.4 Å². The van der Waals surface area contributed by atoms with Crippen LogP contribution in [0, 0.1) is 0 Å². The van der Waals surface area contributed by atoms with Gasteiger partial charge in [-0.3, -0.25) is 0 Å². The molecular weight excluding hydrogens is 384 g/mol. The molecule has 9 heteroatoms. The molecule has 2 aliphatic rings. The van der Waals surface area contributed by atoms with Crippen LogP contribution in [0.1, 0.15) is 27.0 Å². The first-order valence-electron chi connectivity index (χ1n) is 8.38. The summed E-state index contributed by atoms with van der Waals surface area (Å²) in [6.07, 6.45) is 0. The quantitative estimate of drug-likeness (QED) is 0.292. The van der Waals surface area contributed by atoms with Crippen molar-refractivity contribution in [3.63, 3.8) is 0 Å². The smallest absolute Gasteiger partial charge is 0.344 e. The number of esters is 1. The lowest BCUT2D eigenvalue weighted by molar-refractivity contribution is -0.164.